The zero-order valence-electron chi connectivity index (χ0n) is 9.64. The van der Waals surface area contributed by atoms with Gasteiger partial charge in [-0.3, -0.25) is 16.0 Å². The van der Waals surface area contributed by atoms with E-state index in [1.807, 2.05) is 29.5 Å². The Morgan fingerprint density at radius 1 is 1.65 bits per heavy atom. The molecule has 0 spiro atoms. The van der Waals surface area contributed by atoms with E-state index in [-0.39, 0.29) is 6.04 Å². The molecule has 0 aliphatic rings. The first kappa shape index (κ1) is 12.7. The predicted octanol–water partition coefficient (Wildman–Crippen LogP) is 1.69. The molecule has 7 heteroatoms. The minimum atomic E-state index is 0.00681. The fourth-order valence-corrected chi connectivity index (χ4v) is 2.84. The highest BCUT2D eigenvalue weighted by Gasteiger charge is 2.18. The molecule has 0 saturated heterocycles. The van der Waals surface area contributed by atoms with Gasteiger partial charge in [0.2, 0.25) is 0 Å². The van der Waals surface area contributed by atoms with Crippen LogP contribution in [0.1, 0.15) is 23.1 Å². The molecule has 5 nitrogen and oxygen atoms in total. The molecule has 0 amide bonds. The second-order valence-corrected chi connectivity index (χ2v) is 5.32. The summed E-state index contributed by atoms with van der Waals surface area (Å²) in [6.45, 7) is 1.97. The normalized spacial score (nSPS) is 12.9. The van der Waals surface area contributed by atoms with Crippen LogP contribution in [0.2, 0.25) is 0 Å². The summed E-state index contributed by atoms with van der Waals surface area (Å²) in [4.78, 5) is 4.28. The molecule has 2 heterocycles. The lowest BCUT2D eigenvalue weighted by atomic mass is 10.1. The van der Waals surface area contributed by atoms with Gasteiger partial charge in [-0.15, -0.1) is 11.3 Å². The molecule has 0 aliphatic heterocycles. The Morgan fingerprint density at radius 2 is 2.41 bits per heavy atom. The molecule has 0 aromatic carbocycles. The van der Waals surface area contributed by atoms with Gasteiger partial charge in [-0.05, 0) is 22.9 Å². The van der Waals surface area contributed by atoms with Crippen LogP contribution < -0.4 is 11.3 Å². The minimum Gasteiger partial charge on any atom is -0.271 e. The van der Waals surface area contributed by atoms with Crippen molar-refractivity contribution in [2.75, 3.05) is 0 Å². The molecule has 0 aliphatic carbocycles. The molecule has 3 N–H and O–H groups in total. The van der Waals surface area contributed by atoms with E-state index < -0.39 is 0 Å². The Hall–Kier alpha value is -0.760. The van der Waals surface area contributed by atoms with Crippen LogP contribution in [0.3, 0.4) is 0 Å². The van der Waals surface area contributed by atoms with Crippen molar-refractivity contribution < 1.29 is 0 Å². The van der Waals surface area contributed by atoms with Gasteiger partial charge >= 0.3 is 0 Å². The van der Waals surface area contributed by atoms with Crippen molar-refractivity contribution in [1.29, 1.82) is 0 Å². The van der Waals surface area contributed by atoms with Crippen molar-refractivity contribution in [2.24, 2.45) is 12.9 Å². The summed E-state index contributed by atoms with van der Waals surface area (Å²) >= 11 is 5.12. The number of nitrogens with one attached hydrogen (secondary N) is 1. The van der Waals surface area contributed by atoms with Gasteiger partial charge < -0.3 is 0 Å². The van der Waals surface area contributed by atoms with E-state index in [2.05, 4.69) is 31.4 Å². The number of thiazole rings is 1. The lowest BCUT2D eigenvalue weighted by Crippen LogP contribution is -2.30. The first-order chi connectivity index (χ1) is 8.13. The highest BCUT2D eigenvalue weighted by Crippen LogP contribution is 2.25. The van der Waals surface area contributed by atoms with Crippen LogP contribution in [0.4, 0.5) is 0 Å². The maximum absolute atomic E-state index is 5.59. The van der Waals surface area contributed by atoms with Crippen molar-refractivity contribution in [3.8, 4) is 0 Å². The third kappa shape index (κ3) is 2.57. The Bertz CT molecular complexity index is 493. The van der Waals surface area contributed by atoms with Gasteiger partial charge in [-0.1, -0.05) is 0 Å². The minimum absolute atomic E-state index is 0.00681. The van der Waals surface area contributed by atoms with Crippen molar-refractivity contribution in [3.05, 3.63) is 32.4 Å². The van der Waals surface area contributed by atoms with E-state index in [9.17, 15) is 0 Å². The van der Waals surface area contributed by atoms with E-state index in [0.717, 1.165) is 28.0 Å². The molecule has 1 unspecified atom stereocenters. The van der Waals surface area contributed by atoms with Crippen molar-refractivity contribution in [1.82, 2.24) is 20.2 Å². The standard InChI is InChI=1S/C10H14BrN5S/c1-6-10(11)9(16(2)15-6)3-7(14-12)8-4-17-5-13-8/h4-5,7,14H,3,12H2,1-2H3. The first-order valence-corrected chi connectivity index (χ1v) is 6.89. The van der Waals surface area contributed by atoms with Crippen LogP contribution >= 0.6 is 27.3 Å². The molecule has 2 aromatic heterocycles. The summed E-state index contributed by atoms with van der Waals surface area (Å²) in [6, 6.07) is 0.00681. The summed E-state index contributed by atoms with van der Waals surface area (Å²) in [7, 11) is 1.93. The second kappa shape index (κ2) is 5.26. The molecule has 0 saturated carbocycles. The molecular weight excluding hydrogens is 302 g/mol. The maximum Gasteiger partial charge on any atom is 0.0795 e. The number of hydrazine groups is 1. The SMILES string of the molecule is Cc1nn(C)c(CC(NN)c2cscn2)c1Br. The van der Waals surface area contributed by atoms with Crippen LogP contribution in [0.5, 0.6) is 0 Å². The van der Waals surface area contributed by atoms with Gasteiger partial charge in [0.1, 0.15) is 0 Å². The second-order valence-electron chi connectivity index (χ2n) is 3.81. The van der Waals surface area contributed by atoms with Gasteiger partial charge in [0.25, 0.3) is 0 Å². The van der Waals surface area contributed by atoms with Gasteiger partial charge in [0, 0.05) is 18.8 Å². The largest absolute Gasteiger partial charge is 0.271 e. The van der Waals surface area contributed by atoms with E-state index in [1.165, 1.54) is 0 Å². The number of aromatic nitrogens is 3. The number of nitrogens with two attached hydrogens (primary N) is 1. The third-order valence-corrected chi connectivity index (χ3v) is 4.30. The van der Waals surface area contributed by atoms with Crippen LogP contribution in [-0.2, 0) is 13.5 Å². The van der Waals surface area contributed by atoms with Crippen LogP contribution in [0.25, 0.3) is 0 Å². The molecule has 17 heavy (non-hydrogen) atoms. The number of nitrogens with zero attached hydrogens (tertiary/aromatic N) is 3. The topological polar surface area (TPSA) is 68.8 Å². The van der Waals surface area contributed by atoms with Gasteiger partial charge in [-0.2, -0.15) is 5.10 Å². The molecule has 1 atom stereocenters. The fourth-order valence-electron chi connectivity index (χ4n) is 1.74. The molecule has 0 radical (unpaired) electrons. The maximum atomic E-state index is 5.59. The molecular formula is C10H14BrN5S. The summed E-state index contributed by atoms with van der Waals surface area (Å²) in [5.41, 5.74) is 7.66. The summed E-state index contributed by atoms with van der Waals surface area (Å²) in [5.74, 6) is 5.59. The molecule has 2 aromatic rings. The van der Waals surface area contributed by atoms with Crippen LogP contribution in [-0.4, -0.2) is 14.8 Å². The van der Waals surface area contributed by atoms with E-state index >= 15 is 0 Å². The number of halogens is 1. The van der Waals surface area contributed by atoms with E-state index in [1.54, 1.807) is 11.3 Å². The first-order valence-electron chi connectivity index (χ1n) is 5.15. The lowest BCUT2D eigenvalue weighted by Gasteiger charge is -2.13. The van der Waals surface area contributed by atoms with E-state index in [0.29, 0.717) is 0 Å². The van der Waals surface area contributed by atoms with Crippen molar-refractivity contribution in [3.63, 3.8) is 0 Å². The van der Waals surface area contributed by atoms with Gasteiger partial charge in [0.05, 0.1) is 33.1 Å². The predicted molar refractivity (Wildman–Crippen MR) is 71.5 cm³/mol. The average Bonchev–Trinajstić information content (AvgIpc) is 2.89. The van der Waals surface area contributed by atoms with E-state index in [4.69, 9.17) is 5.84 Å². The Labute approximate surface area is 112 Å². The lowest BCUT2D eigenvalue weighted by molar-refractivity contribution is 0.520. The summed E-state index contributed by atoms with van der Waals surface area (Å²) in [6.07, 6.45) is 0.748. The summed E-state index contributed by atoms with van der Waals surface area (Å²) in [5, 5.41) is 6.36. The third-order valence-electron chi connectivity index (χ3n) is 2.67. The zero-order chi connectivity index (χ0) is 12.4. The van der Waals surface area contributed by atoms with Crippen LogP contribution in [0, 0.1) is 6.92 Å². The smallest absolute Gasteiger partial charge is 0.0795 e. The number of aryl methyl sites for hydroxylation is 2. The average molecular weight is 316 g/mol. The van der Waals surface area contributed by atoms with Gasteiger partial charge in [-0.25, -0.2) is 4.98 Å². The number of hydrogen-bond donors (Lipinski definition) is 2. The Morgan fingerprint density at radius 3 is 2.88 bits per heavy atom. The van der Waals surface area contributed by atoms with Gasteiger partial charge in [0.15, 0.2) is 0 Å². The van der Waals surface area contributed by atoms with Crippen molar-refractivity contribution >= 4 is 27.3 Å². The highest BCUT2D eigenvalue weighted by atomic mass is 79.9. The molecule has 92 valence electrons. The quantitative estimate of drug-likeness (QED) is 0.665. The number of rotatable bonds is 4. The molecule has 0 bridgehead atoms. The Kier molecular flexibility index (Phi) is 3.93. The zero-order valence-corrected chi connectivity index (χ0v) is 12.0. The monoisotopic (exact) mass is 315 g/mol. The highest BCUT2D eigenvalue weighted by molar-refractivity contribution is 9.10. The van der Waals surface area contributed by atoms with Crippen LogP contribution in [0.15, 0.2) is 15.4 Å². The molecule has 2 rings (SSSR count). The van der Waals surface area contributed by atoms with Crippen molar-refractivity contribution in [2.45, 2.75) is 19.4 Å². The Balaban J connectivity index is 2.24. The number of hydrogen-bond acceptors (Lipinski definition) is 5. The molecule has 0 fully saturated rings. The fraction of sp³-hybridized carbons (Fsp3) is 0.400. The summed E-state index contributed by atoms with van der Waals surface area (Å²) < 4.78 is 2.91.